The van der Waals surface area contributed by atoms with E-state index in [4.69, 9.17) is 4.74 Å². The number of fused-ring (bicyclic) bond motifs is 1. The number of halogens is 3. The zero-order valence-electron chi connectivity index (χ0n) is 15.3. The van der Waals surface area contributed by atoms with Crippen LogP contribution in [0.2, 0.25) is 0 Å². The quantitative estimate of drug-likeness (QED) is 0.595. The van der Waals surface area contributed by atoms with Gasteiger partial charge in [-0.2, -0.15) is 13.2 Å². The van der Waals surface area contributed by atoms with Crippen LogP contribution in [0.15, 0.2) is 48.5 Å². The van der Waals surface area contributed by atoms with Crippen LogP contribution in [-0.4, -0.2) is 17.6 Å². The van der Waals surface area contributed by atoms with E-state index in [0.29, 0.717) is 17.9 Å². The lowest BCUT2D eigenvalue weighted by molar-refractivity contribution is -0.148. The van der Waals surface area contributed by atoms with E-state index in [1.165, 1.54) is 6.07 Å². The second-order valence-electron chi connectivity index (χ2n) is 6.91. The first-order valence-electron chi connectivity index (χ1n) is 8.61. The molecule has 0 unspecified atom stereocenters. The van der Waals surface area contributed by atoms with E-state index in [9.17, 15) is 18.0 Å². The summed E-state index contributed by atoms with van der Waals surface area (Å²) in [6.45, 7) is 5.62. The maximum atomic E-state index is 13.0. The molecule has 6 heteroatoms. The van der Waals surface area contributed by atoms with Crippen LogP contribution in [0.5, 0.6) is 0 Å². The first kappa shape index (κ1) is 19.0. The molecule has 1 heterocycles. The number of ether oxygens (including phenoxy) is 1. The van der Waals surface area contributed by atoms with Crippen LogP contribution >= 0.6 is 0 Å². The molecule has 142 valence electrons. The smallest absolute Gasteiger partial charge is 0.416 e. The van der Waals surface area contributed by atoms with Gasteiger partial charge < -0.3 is 9.72 Å². The number of rotatable bonds is 4. The maximum absolute atomic E-state index is 13.0. The molecule has 3 aromatic rings. The van der Waals surface area contributed by atoms with Gasteiger partial charge in [-0.25, -0.2) is 0 Å². The minimum absolute atomic E-state index is 0.300. The molecular weight excluding hydrogens is 355 g/mol. The fourth-order valence-corrected chi connectivity index (χ4v) is 2.97. The largest absolute Gasteiger partial charge is 0.465 e. The second kappa shape index (κ2) is 6.76. The average molecular weight is 375 g/mol. The van der Waals surface area contributed by atoms with Crippen LogP contribution in [0.25, 0.3) is 22.2 Å². The van der Waals surface area contributed by atoms with Gasteiger partial charge in [-0.15, -0.1) is 0 Å². The lowest BCUT2D eigenvalue weighted by Gasteiger charge is -2.22. The van der Waals surface area contributed by atoms with Crippen LogP contribution in [0.3, 0.4) is 0 Å². The summed E-state index contributed by atoms with van der Waals surface area (Å²) in [4.78, 5) is 15.4. The SMILES string of the molecule is CCOC(=O)C(C)(C)c1ccc2[nH]c(-c3cccc(C(F)(F)F)c3)cc2c1. The lowest BCUT2D eigenvalue weighted by atomic mass is 9.84. The number of hydrogen-bond donors (Lipinski definition) is 1. The minimum atomic E-state index is -4.39. The number of H-pyrrole nitrogens is 1. The molecule has 0 radical (unpaired) electrons. The summed E-state index contributed by atoms with van der Waals surface area (Å²) in [5.41, 5.74) is 1.09. The van der Waals surface area contributed by atoms with Gasteiger partial charge in [0.05, 0.1) is 17.6 Å². The molecule has 0 aliphatic heterocycles. The van der Waals surface area contributed by atoms with Crippen LogP contribution in [-0.2, 0) is 21.1 Å². The Hall–Kier alpha value is -2.76. The highest BCUT2D eigenvalue weighted by Gasteiger charge is 2.32. The fraction of sp³-hybridized carbons (Fsp3) is 0.286. The predicted molar refractivity (Wildman–Crippen MR) is 98.4 cm³/mol. The van der Waals surface area contributed by atoms with Gasteiger partial charge >= 0.3 is 12.1 Å². The number of alkyl halides is 3. The standard InChI is InChI=1S/C21H20F3NO2/c1-4-27-19(26)20(2,3)15-8-9-17-14(11-15)12-18(25-17)13-6-5-7-16(10-13)21(22,23)24/h5-12,25H,4H2,1-3H3. The van der Waals surface area contributed by atoms with E-state index in [-0.39, 0.29) is 5.97 Å². The van der Waals surface area contributed by atoms with Crippen molar-refractivity contribution in [2.75, 3.05) is 6.61 Å². The Labute approximate surface area is 155 Å². The Bertz CT molecular complexity index is 987. The molecule has 1 N–H and O–H groups in total. The molecule has 0 aliphatic rings. The molecular formula is C21H20F3NO2. The molecule has 0 atom stereocenters. The number of nitrogens with one attached hydrogen (secondary N) is 1. The normalized spacial score (nSPS) is 12.4. The summed E-state index contributed by atoms with van der Waals surface area (Å²) in [5, 5.41) is 0.817. The predicted octanol–water partition coefficient (Wildman–Crippen LogP) is 5.69. The van der Waals surface area contributed by atoms with Gasteiger partial charge in [0.15, 0.2) is 0 Å². The Morgan fingerprint density at radius 1 is 1.04 bits per heavy atom. The summed E-state index contributed by atoms with van der Waals surface area (Å²) in [5.74, 6) is -0.321. The molecule has 0 fully saturated rings. The molecule has 0 amide bonds. The molecule has 1 aromatic heterocycles. The highest BCUT2D eigenvalue weighted by molar-refractivity contribution is 5.89. The molecule has 27 heavy (non-hydrogen) atoms. The highest BCUT2D eigenvalue weighted by atomic mass is 19.4. The lowest BCUT2D eigenvalue weighted by Crippen LogP contribution is -2.31. The van der Waals surface area contributed by atoms with Crippen molar-refractivity contribution >= 4 is 16.9 Å². The van der Waals surface area contributed by atoms with Gasteiger partial charge in [-0.3, -0.25) is 4.79 Å². The number of carbonyl (C=O) groups excluding carboxylic acids is 1. The fourth-order valence-electron chi connectivity index (χ4n) is 2.97. The van der Waals surface area contributed by atoms with Crippen molar-refractivity contribution in [1.29, 1.82) is 0 Å². The molecule has 2 aromatic carbocycles. The van der Waals surface area contributed by atoms with Crippen LogP contribution in [0, 0.1) is 0 Å². The number of hydrogen-bond acceptors (Lipinski definition) is 2. The summed E-state index contributed by atoms with van der Waals surface area (Å²) >= 11 is 0. The summed E-state index contributed by atoms with van der Waals surface area (Å²) in [6, 6.07) is 12.5. The topological polar surface area (TPSA) is 42.1 Å². The Morgan fingerprint density at radius 2 is 1.78 bits per heavy atom. The molecule has 0 spiro atoms. The zero-order chi connectivity index (χ0) is 19.8. The molecule has 3 rings (SSSR count). The third-order valence-electron chi connectivity index (χ3n) is 4.63. The average Bonchev–Trinajstić information content (AvgIpc) is 3.04. The molecule has 0 saturated carbocycles. The molecule has 0 bridgehead atoms. The van der Waals surface area contributed by atoms with E-state index >= 15 is 0 Å². The number of aromatic nitrogens is 1. The van der Waals surface area contributed by atoms with E-state index in [1.807, 2.05) is 18.2 Å². The van der Waals surface area contributed by atoms with Crippen LogP contribution < -0.4 is 0 Å². The van der Waals surface area contributed by atoms with Crippen LogP contribution in [0.4, 0.5) is 13.2 Å². The summed E-state index contributed by atoms with van der Waals surface area (Å²) < 4.78 is 44.0. The van der Waals surface area contributed by atoms with Crippen molar-refractivity contribution in [3.05, 3.63) is 59.7 Å². The van der Waals surface area contributed by atoms with Gasteiger partial charge in [0, 0.05) is 16.6 Å². The number of aromatic amines is 1. The van der Waals surface area contributed by atoms with E-state index in [2.05, 4.69) is 4.98 Å². The second-order valence-corrected chi connectivity index (χ2v) is 6.91. The number of benzene rings is 2. The number of esters is 1. The third kappa shape index (κ3) is 3.70. The highest BCUT2D eigenvalue weighted by Crippen LogP contribution is 2.34. The first-order valence-corrected chi connectivity index (χ1v) is 8.61. The monoisotopic (exact) mass is 375 g/mol. The molecule has 3 nitrogen and oxygen atoms in total. The minimum Gasteiger partial charge on any atom is -0.465 e. The van der Waals surface area contributed by atoms with Crippen molar-refractivity contribution in [3.63, 3.8) is 0 Å². The Morgan fingerprint density at radius 3 is 2.44 bits per heavy atom. The third-order valence-corrected chi connectivity index (χ3v) is 4.63. The van der Waals surface area contributed by atoms with Gasteiger partial charge in [0.25, 0.3) is 0 Å². The number of carbonyl (C=O) groups is 1. The van der Waals surface area contributed by atoms with Gasteiger partial charge in [-0.1, -0.05) is 18.2 Å². The van der Waals surface area contributed by atoms with Gasteiger partial charge in [0.2, 0.25) is 0 Å². The summed E-state index contributed by atoms with van der Waals surface area (Å²) in [7, 11) is 0. The maximum Gasteiger partial charge on any atom is 0.416 e. The van der Waals surface area contributed by atoms with E-state index in [0.717, 1.165) is 28.6 Å². The van der Waals surface area contributed by atoms with Gasteiger partial charge in [-0.05, 0) is 62.2 Å². The van der Waals surface area contributed by atoms with Crippen molar-refractivity contribution < 1.29 is 22.7 Å². The molecule has 0 aliphatic carbocycles. The van der Waals surface area contributed by atoms with Crippen molar-refractivity contribution in [2.24, 2.45) is 0 Å². The molecule has 0 saturated heterocycles. The Balaban J connectivity index is 2.01. The van der Waals surface area contributed by atoms with Gasteiger partial charge in [0.1, 0.15) is 0 Å². The van der Waals surface area contributed by atoms with Crippen molar-refractivity contribution in [1.82, 2.24) is 4.98 Å². The van der Waals surface area contributed by atoms with Crippen molar-refractivity contribution in [2.45, 2.75) is 32.4 Å². The first-order chi connectivity index (χ1) is 12.6. The Kier molecular flexibility index (Phi) is 4.76. The summed E-state index contributed by atoms with van der Waals surface area (Å²) in [6.07, 6.45) is -4.39. The van der Waals surface area contributed by atoms with E-state index < -0.39 is 17.2 Å². The zero-order valence-corrected chi connectivity index (χ0v) is 15.3. The van der Waals surface area contributed by atoms with Crippen molar-refractivity contribution in [3.8, 4) is 11.3 Å². The van der Waals surface area contributed by atoms with E-state index in [1.54, 1.807) is 32.9 Å². The van der Waals surface area contributed by atoms with Crippen LogP contribution in [0.1, 0.15) is 31.9 Å².